The number of anilines is 2. The first kappa shape index (κ1) is 13.4. The van der Waals surface area contributed by atoms with E-state index in [1.165, 1.54) is 17.2 Å². The second kappa shape index (κ2) is 5.49. The van der Waals surface area contributed by atoms with Crippen molar-refractivity contribution in [3.63, 3.8) is 0 Å². The van der Waals surface area contributed by atoms with Crippen LogP contribution >= 0.6 is 11.3 Å². The molecule has 22 heavy (non-hydrogen) atoms. The molecule has 0 saturated carbocycles. The maximum Gasteiger partial charge on any atom is 0.186 e. The van der Waals surface area contributed by atoms with Gasteiger partial charge in [-0.3, -0.25) is 0 Å². The Kier molecular flexibility index (Phi) is 3.34. The van der Waals surface area contributed by atoms with Crippen LogP contribution < -0.4 is 9.80 Å². The van der Waals surface area contributed by atoms with Crippen molar-refractivity contribution in [3.8, 4) is 0 Å². The van der Waals surface area contributed by atoms with Crippen molar-refractivity contribution in [2.45, 2.75) is 0 Å². The summed E-state index contributed by atoms with van der Waals surface area (Å²) in [6.07, 6.45) is 2.60. The lowest BCUT2D eigenvalue weighted by molar-refractivity contribution is 0.582. The first-order valence-electron chi connectivity index (χ1n) is 7.12. The molecule has 0 N–H and O–H groups in total. The zero-order valence-corrected chi connectivity index (χ0v) is 12.6. The highest BCUT2D eigenvalue weighted by molar-refractivity contribution is 7.22. The van der Waals surface area contributed by atoms with Crippen LogP contribution in [-0.2, 0) is 0 Å². The van der Waals surface area contributed by atoms with Crippen molar-refractivity contribution in [1.29, 1.82) is 0 Å². The average molecular weight is 315 g/mol. The predicted octanol–water partition coefficient (Wildman–Crippen LogP) is 2.55. The molecule has 1 aliphatic rings. The molecule has 0 atom stereocenters. The summed E-state index contributed by atoms with van der Waals surface area (Å²) < 4.78 is 14.9. The van der Waals surface area contributed by atoms with Crippen molar-refractivity contribution >= 4 is 32.5 Å². The summed E-state index contributed by atoms with van der Waals surface area (Å²) in [5.41, 5.74) is 1.03. The second-order valence-corrected chi connectivity index (χ2v) is 6.14. The third kappa shape index (κ3) is 2.37. The van der Waals surface area contributed by atoms with Gasteiger partial charge in [-0.2, -0.15) is 0 Å². The first-order chi connectivity index (χ1) is 10.8. The number of para-hydroxylation sites is 1. The highest BCUT2D eigenvalue weighted by Crippen LogP contribution is 2.29. The Morgan fingerprint density at radius 2 is 1.82 bits per heavy atom. The van der Waals surface area contributed by atoms with Crippen molar-refractivity contribution in [3.05, 3.63) is 42.6 Å². The Bertz CT molecular complexity index is 764. The highest BCUT2D eigenvalue weighted by atomic mass is 32.1. The van der Waals surface area contributed by atoms with Gasteiger partial charge in [-0.05, 0) is 12.1 Å². The van der Waals surface area contributed by atoms with Gasteiger partial charge in [0, 0.05) is 26.2 Å². The number of rotatable bonds is 2. The number of benzene rings is 1. The zero-order valence-electron chi connectivity index (χ0n) is 11.8. The van der Waals surface area contributed by atoms with E-state index < -0.39 is 0 Å². The van der Waals surface area contributed by atoms with E-state index in [-0.39, 0.29) is 5.82 Å². The van der Waals surface area contributed by atoms with E-state index >= 15 is 0 Å². The number of aromatic nitrogens is 3. The topological polar surface area (TPSA) is 45.2 Å². The van der Waals surface area contributed by atoms with Crippen LogP contribution in [0.1, 0.15) is 0 Å². The average Bonchev–Trinajstić information content (AvgIpc) is 2.99. The monoisotopic (exact) mass is 315 g/mol. The highest BCUT2D eigenvalue weighted by Gasteiger charge is 2.22. The van der Waals surface area contributed by atoms with Crippen molar-refractivity contribution < 1.29 is 4.39 Å². The maximum atomic E-state index is 13.7. The van der Waals surface area contributed by atoms with Crippen molar-refractivity contribution in [1.82, 2.24) is 15.0 Å². The molecule has 0 spiro atoms. The van der Waals surface area contributed by atoms with Crippen LogP contribution in [0.3, 0.4) is 0 Å². The molecule has 112 valence electrons. The van der Waals surface area contributed by atoms with Gasteiger partial charge in [0.1, 0.15) is 6.33 Å². The van der Waals surface area contributed by atoms with E-state index in [4.69, 9.17) is 0 Å². The first-order valence-corrected chi connectivity index (χ1v) is 7.94. The third-order valence-electron chi connectivity index (χ3n) is 3.78. The summed E-state index contributed by atoms with van der Waals surface area (Å²) in [7, 11) is 0. The van der Waals surface area contributed by atoms with E-state index in [9.17, 15) is 4.39 Å². The molecule has 7 heteroatoms. The maximum absolute atomic E-state index is 13.7. The van der Waals surface area contributed by atoms with Gasteiger partial charge in [0.2, 0.25) is 0 Å². The van der Waals surface area contributed by atoms with Crippen LogP contribution in [0.25, 0.3) is 10.2 Å². The summed E-state index contributed by atoms with van der Waals surface area (Å²) in [6, 6.07) is 8.15. The van der Waals surface area contributed by atoms with Crippen LogP contribution in [0.2, 0.25) is 0 Å². The molecule has 0 aliphatic carbocycles. The number of fused-ring (bicyclic) bond motifs is 1. The molecule has 5 nitrogen and oxygen atoms in total. The molecule has 2 aromatic heterocycles. The lowest BCUT2D eigenvalue weighted by Gasteiger charge is -2.35. The molecule has 1 aliphatic heterocycles. The molecule has 1 fully saturated rings. The molecule has 0 bridgehead atoms. The van der Waals surface area contributed by atoms with Crippen LogP contribution in [0.5, 0.6) is 0 Å². The Morgan fingerprint density at radius 1 is 1.05 bits per heavy atom. The van der Waals surface area contributed by atoms with E-state index in [1.807, 2.05) is 23.1 Å². The molecule has 1 saturated heterocycles. The van der Waals surface area contributed by atoms with E-state index in [0.717, 1.165) is 36.8 Å². The number of nitrogens with zero attached hydrogens (tertiary/aromatic N) is 5. The SMILES string of the molecule is Fc1cncnc1N1CCN(c2nc3ccccc3s2)CC1. The summed E-state index contributed by atoms with van der Waals surface area (Å²) >= 11 is 1.70. The molecule has 4 rings (SSSR count). The van der Waals surface area contributed by atoms with Crippen molar-refractivity contribution in [2.75, 3.05) is 36.0 Å². The Labute approximate surface area is 131 Å². The zero-order chi connectivity index (χ0) is 14.9. The number of halogens is 1. The smallest absolute Gasteiger partial charge is 0.186 e. The summed E-state index contributed by atoms with van der Waals surface area (Å²) in [5, 5.41) is 1.03. The minimum Gasteiger partial charge on any atom is -0.351 e. The lowest BCUT2D eigenvalue weighted by Crippen LogP contribution is -2.47. The van der Waals surface area contributed by atoms with Gasteiger partial charge in [0.05, 0.1) is 16.4 Å². The third-order valence-corrected chi connectivity index (χ3v) is 4.88. The number of thiazole rings is 1. The van der Waals surface area contributed by atoms with Gasteiger partial charge in [-0.1, -0.05) is 23.5 Å². The number of hydrogen-bond donors (Lipinski definition) is 0. The quantitative estimate of drug-likeness (QED) is 0.727. The molecule has 0 unspecified atom stereocenters. The molecule has 0 amide bonds. The Morgan fingerprint density at radius 3 is 2.59 bits per heavy atom. The lowest BCUT2D eigenvalue weighted by atomic mass is 10.3. The fourth-order valence-electron chi connectivity index (χ4n) is 2.64. The predicted molar refractivity (Wildman–Crippen MR) is 86.0 cm³/mol. The molecule has 3 aromatic rings. The normalized spacial score (nSPS) is 15.5. The van der Waals surface area contributed by atoms with Crippen molar-refractivity contribution in [2.24, 2.45) is 0 Å². The fourth-order valence-corrected chi connectivity index (χ4v) is 3.66. The molecule has 3 heterocycles. The molecule has 0 radical (unpaired) electrons. The van der Waals surface area contributed by atoms with Crippen LogP contribution in [0, 0.1) is 5.82 Å². The summed E-state index contributed by atoms with van der Waals surface area (Å²) in [6.45, 7) is 3.07. The van der Waals surface area contributed by atoms with Gasteiger partial charge in [-0.25, -0.2) is 19.3 Å². The van der Waals surface area contributed by atoms with Gasteiger partial charge in [0.15, 0.2) is 16.8 Å². The number of piperazine rings is 1. The summed E-state index contributed by atoms with van der Waals surface area (Å²) in [5.74, 6) is 0.0230. The molecular weight excluding hydrogens is 301 g/mol. The molecule has 1 aromatic carbocycles. The summed E-state index contributed by atoms with van der Waals surface area (Å²) in [4.78, 5) is 16.6. The van der Waals surface area contributed by atoms with Gasteiger partial charge < -0.3 is 9.80 Å². The minimum absolute atomic E-state index is 0.365. The van der Waals surface area contributed by atoms with E-state index in [1.54, 1.807) is 11.3 Å². The van der Waals surface area contributed by atoms with Crippen LogP contribution in [0.15, 0.2) is 36.8 Å². The second-order valence-electron chi connectivity index (χ2n) is 5.13. The van der Waals surface area contributed by atoms with Gasteiger partial charge >= 0.3 is 0 Å². The van der Waals surface area contributed by atoms with Gasteiger partial charge in [0.25, 0.3) is 0 Å². The van der Waals surface area contributed by atoms with Crippen LogP contribution in [0.4, 0.5) is 15.3 Å². The van der Waals surface area contributed by atoms with Crippen LogP contribution in [-0.4, -0.2) is 41.1 Å². The Balaban J connectivity index is 1.51. The van der Waals surface area contributed by atoms with Gasteiger partial charge in [-0.15, -0.1) is 0 Å². The number of hydrogen-bond acceptors (Lipinski definition) is 6. The minimum atomic E-state index is -0.365. The molecular formula is C15H14FN5S. The Hall–Kier alpha value is -2.28. The fraction of sp³-hybridized carbons (Fsp3) is 0.267. The van der Waals surface area contributed by atoms with E-state index in [0.29, 0.717) is 5.82 Å². The van der Waals surface area contributed by atoms with E-state index in [2.05, 4.69) is 25.9 Å². The largest absolute Gasteiger partial charge is 0.351 e. The standard InChI is InChI=1S/C15H14FN5S/c16-11-9-17-10-18-14(11)20-5-7-21(8-6-20)15-19-12-3-1-2-4-13(12)22-15/h1-4,9-10H,5-8H2.